The summed E-state index contributed by atoms with van der Waals surface area (Å²) >= 11 is 0. The van der Waals surface area contributed by atoms with Gasteiger partial charge in [-0.2, -0.15) is 0 Å². The fourth-order valence-electron chi connectivity index (χ4n) is 8.81. The van der Waals surface area contributed by atoms with Gasteiger partial charge >= 0.3 is 0 Å². The first kappa shape index (κ1) is 28.1. The molecule has 0 spiro atoms. The molecule has 1 aliphatic carbocycles. The fraction of sp³-hybridized carbons (Fsp3) is 0.0612. The molecule has 9 aromatic rings. The van der Waals surface area contributed by atoms with Crippen LogP contribution in [0.25, 0.3) is 87.6 Å². The second-order valence-corrected chi connectivity index (χ2v) is 14.0. The van der Waals surface area contributed by atoms with Gasteiger partial charge in [0.25, 0.3) is 0 Å². The van der Waals surface area contributed by atoms with Crippen LogP contribution in [0, 0.1) is 0 Å². The van der Waals surface area contributed by atoms with Crippen molar-refractivity contribution in [3.63, 3.8) is 0 Å². The number of benzene rings is 9. The highest BCUT2D eigenvalue weighted by atomic mass is 14.4. The lowest BCUT2D eigenvalue weighted by atomic mass is 9.81. The van der Waals surface area contributed by atoms with E-state index < -0.39 is 0 Å². The lowest BCUT2D eigenvalue weighted by Crippen LogP contribution is -2.14. The van der Waals surface area contributed by atoms with Gasteiger partial charge in [-0.3, -0.25) is 0 Å². The van der Waals surface area contributed by atoms with Crippen LogP contribution in [0.15, 0.2) is 170 Å². The van der Waals surface area contributed by atoms with Crippen LogP contribution in [0.5, 0.6) is 0 Å². The zero-order chi connectivity index (χ0) is 32.7. The van der Waals surface area contributed by atoms with Gasteiger partial charge in [0.05, 0.1) is 0 Å². The van der Waals surface area contributed by atoms with Crippen LogP contribution in [0.2, 0.25) is 0 Å². The third-order valence-corrected chi connectivity index (χ3v) is 11.1. The van der Waals surface area contributed by atoms with Crippen LogP contribution in [0.3, 0.4) is 0 Å². The van der Waals surface area contributed by atoms with Crippen LogP contribution >= 0.6 is 0 Å². The molecule has 0 fully saturated rings. The maximum Gasteiger partial charge on any atom is 0.0158 e. The molecule has 0 nitrogen and oxygen atoms in total. The predicted molar refractivity (Wildman–Crippen MR) is 210 cm³/mol. The van der Waals surface area contributed by atoms with Crippen LogP contribution in [0.4, 0.5) is 0 Å². The fourth-order valence-corrected chi connectivity index (χ4v) is 8.81. The minimum atomic E-state index is -0.00328. The van der Waals surface area contributed by atoms with Crippen molar-refractivity contribution in [2.24, 2.45) is 0 Å². The van der Waals surface area contributed by atoms with Crippen LogP contribution < -0.4 is 0 Å². The van der Waals surface area contributed by atoms with Gasteiger partial charge in [-0.05, 0) is 105 Å². The molecular formula is C49H34. The SMILES string of the molecule is CC1(C)c2ccccc2-c2cc(-c3ccc(-c4c5ccccc5c(-c5cccc6ccccc56)c5ccccc45)c4ccccc34)ccc21. The zero-order valence-electron chi connectivity index (χ0n) is 27.7. The minimum absolute atomic E-state index is 0.00328. The van der Waals surface area contributed by atoms with Crippen molar-refractivity contribution < 1.29 is 0 Å². The Labute approximate surface area is 286 Å². The Bertz CT molecular complexity index is 2730. The van der Waals surface area contributed by atoms with E-state index in [0.717, 1.165) is 0 Å². The summed E-state index contributed by atoms with van der Waals surface area (Å²) in [6.45, 7) is 4.70. The first-order chi connectivity index (χ1) is 24.1. The van der Waals surface area contributed by atoms with Crippen molar-refractivity contribution in [1.82, 2.24) is 0 Å². The highest BCUT2D eigenvalue weighted by Gasteiger charge is 2.35. The Hall–Kier alpha value is -5.98. The van der Waals surface area contributed by atoms with Gasteiger partial charge in [-0.1, -0.05) is 178 Å². The standard InChI is InChI=1S/C49H34/c1-49(2)45-25-12-11-19-37(45)44-30-32(26-29-46(44)49)34-27-28-43(36-18-6-5-17-35(34)36)48-41-22-9-7-20-39(41)47(40-21-8-10-23-42(40)48)38-24-13-15-31-14-3-4-16-33(31)38/h3-30H,1-2H3. The summed E-state index contributed by atoms with van der Waals surface area (Å²) in [4.78, 5) is 0. The van der Waals surface area contributed by atoms with Gasteiger partial charge in [0.2, 0.25) is 0 Å². The number of rotatable bonds is 3. The van der Waals surface area contributed by atoms with Gasteiger partial charge in [-0.25, -0.2) is 0 Å². The maximum atomic E-state index is 2.42. The molecule has 230 valence electrons. The Morgan fingerprint density at radius 2 is 0.755 bits per heavy atom. The van der Waals surface area contributed by atoms with Gasteiger partial charge in [0.15, 0.2) is 0 Å². The molecule has 0 unspecified atom stereocenters. The van der Waals surface area contributed by atoms with Gasteiger partial charge in [0, 0.05) is 5.41 Å². The summed E-state index contributed by atoms with van der Waals surface area (Å²) in [5, 5.41) is 10.2. The summed E-state index contributed by atoms with van der Waals surface area (Å²) in [5.41, 5.74) is 13.2. The van der Waals surface area contributed by atoms with E-state index >= 15 is 0 Å². The second-order valence-electron chi connectivity index (χ2n) is 14.0. The zero-order valence-corrected chi connectivity index (χ0v) is 27.7. The van der Waals surface area contributed by atoms with Gasteiger partial charge in [0.1, 0.15) is 0 Å². The highest BCUT2D eigenvalue weighted by Crippen LogP contribution is 2.51. The quantitative estimate of drug-likeness (QED) is 0.172. The molecule has 1 aliphatic rings. The molecule has 0 amide bonds. The average Bonchev–Trinajstić information content (AvgIpc) is 3.39. The first-order valence-electron chi connectivity index (χ1n) is 17.3. The van der Waals surface area contributed by atoms with Crippen molar-refractivity contribution in [3.8, 4) is 44.5 Å². The number of fused-ring (bicyclic) bond motifs is 7. The Balaban J connectivity index is 1.24. The normalized spacial score (nSPS) is 13.3. The van der Waals surface area contributed by atoms with Crippen molar-refractivity contribution in [3.05, 3.63) is 181 Å². The largest absolute Gasteiger partial charge is 0.0619 e. The van der Waals surface area contributed by atoms with E-state index in [4.69, 9.17) is 0 Å². The molecule has 0 heterocycles. The van der Waals surface area contributed by atoms with Gasteiger partial charge < -0.3 is 0 Å². The van der Waals surface area contributed by atoms with Crippen molar-refractivity contribution in [1.29, 1.82) is 0 Å². The third kappa shape index (κ3) is 4.04. The second kappa shape index (κ2) is 10.5. The topological polar surface area (TPSA) is 0 Å². The molecule has 0 saturated heterocycles. The minimum Gasteiger partial charge on any atom is -0.0619 e. The van der Waals surface area contributed by atoms with E-state index in [1.54, 1.807) is 0 Å². The van der Waals surface area contributed by atoms with Crippen LogP contribution in [-0.2, 0) is 5.41 Å². The Kier molecular flexibility index (Phi) is 6.02. The summed E-state index contributed by atoms with van der Waals surface area (Å²) in [7, 11) is 0. The molecule has 9 aromatic carbocycles. The lowest BCUT2D eigenvalue weighted by molar-refractivity contribution is 0.660. The molecule has 0 aromatic heterocycles. The van der Waals surface area contributed by atoms with Crippen molar-refractivity contribution >= 4 is 43.1 Å². The van der Waals surface area contributed by atoms with E-state index in [1.807, 2.05) is 0 Å². The van der Waals surface area contributed by atoms with E-state index in [2.05, 4.69) is 184 Å². The molecule has 0 radical (unpaired) electrons. The van der Waals surface area contributed by atoms with Gasteiger partial charge in [-0.15, -0.1) is 0 Å². The molecule has 0 atom stereocenters. The smallest absolute Gasteiger partial charge is 0.0158 e. The third-order valence-electron chi connectivity index (χ3n) is 11.1. The molecule has 10 rings (SSSR count). The first-order valence-corrected chi connectivity index (χ1v) is 17.3. The molecule has 0 aliphatic heterocycles. The van der Waals surface area contributed by atoms with Crippen molar-refractivity contribution in [2.75, 3.05) is 0 Å². The predicted octanol–water partition coefficient (Wildman–Crippen LogP) is 13.6. The summed E-state index contributed by atoms with van der Waals surface area (Å²) in [6, 6.07) is 63.2. The summed E-state index contributed by atoms with van der Waals surface area (Å²) in [5.74, 6) is 0. The monoisotopic (exact) mass is 622 g/mol. The molecular weight excluding hydrogens is 589 g/mol. The molecule has 0 saturated carbocycles. The Morgan fingerprint density at radius 1 is 0.306 bits per heavy atom. The van der Waals surface area contributed by atoms with Crippen molar-refractivity contribution in [2.45, 2.75) is 19.3 Å². The molecule has 49 heavy (non-hydrogen) atoms. The molecule has 0 heteroatoms. The summed E-state index contributed by atoms with van der Waals surface area (Å²) < 4.78 is 0. The summed E-state index contributed by atoms with van der Waals surface area (Å²) in [6.07, 6.45) is 0. The average molecular weight is 623 g/mol. The molecule has 0 bridgehead atoms. The van der Waals surface area contributed by atoms with E-state index in [9.17, 15) is 0 Å². The van der Waals surface area contributed by atoms with E-state index in [1.165, 1.54) is 98.7 Å². The number of hydrogen-bond acceptors (Lipinski definition) is 0. The van der Waals surface area contributed by atoms with E-state index in [0.29, 0.717) is 0 Å². The Morgan fingerprint density at radius 3 is 1.43 bits per heavy atom. The number of hydrogen-bond donors (Lipinski definition) is 0. The van der Waals surface area contributed by atoms with Crippen LogP contribution in [-0.4, -0.2) is 0 Å². The van der Waals surface area contributed by atoms with E-state index in [-0.39, 0.29) is 5.41 Å². The lowest BCUT2D eigenvalue weighted by Gasteiger charge is -2.22. The maximum absolute atomic E-state index is 2.42. The molecule has 0 N–H and O–H groups in total. The van der Waals surface area contributed by atoms with Crippen LogP contribution in [0.1, 0.15) is 25.0 Å². The highest BCUT2D eigenvalue weighted by molar-refractivity contribution is 6.25.